The second-order valence-corrected chi connectivity index (χ2v) is 6.76. The lowest BCUT2D eigenvalue weighted by Crippen LogP contribution is -2.07. The number of nitrogens with zero attached hydrogens (tertiary/aromatic N) is 2. The minimum absolute atomic E-state index is 0.409. The molecular formula is C24H20F3N3O2. The summed E-state index contributed by atoms with van der Waals surface area (Å²) in [7, 11) is 1.32. The number of aryl methyl sites for hydroxylation is 1. The number of hydrogen-bond donors (Lipinski definition) is 1. The van der Waals surface area contributed by atoms with Gasteiger partial charge in [0, 0.05) is 12.1 Å². The van der Waals surface area contributed by atoms with Crippen LogP contribution >= 0.6 is 0 Å². The van der Waals surface area contributed by atoms with Gasteiger partial charge >= 0.3 is 12.1 Å². The van der Waals surface area contributed by atoms with Crippen LogP contribution in [0.5, 0.6) is 0 Å². The number of halogens is 3. The van der Waals surface area contributed by atoms with Crippen LogP contribution < -0.4 is 5.32 Å². The zero-order valence-corrected chi connectivity index (χ0v) is 17.5. The van der Waals surface area contributed by atoms with Crippen LogP contribution in [-0.2, 0) is 23.9 Å². The number of hydrogen-bond acceptors (Lipinski definition) is 5. The first-order valence-electron chi connectivity index (χ1n) is 9.76. The Hall–Kier alpha value is -3.86. The predicted octanol–water partition coefficient (Wildman–Crippen LogP) is 4.86. The third-order valence-electron chi connectivity index (χ3n) is 4.64. The van der Waals surface area contributed by atoms with Crippen molar-refractivity contribution in [3.8, 4) is 11.8 Å². The molecule has 0 saturated carbocycles. The number of aromatic nitrogens is 2. The number of alkyl halides is 3. The molecule has 0 atom stereocenters. The van der Waals surface area contributed by atoms with Crippen molar-refractivity contribution in [3.05, 3.63) is 88.4 Å². The zero-order chi connectivity index (χ0) is 23.1. The van der Waals surface area contributed by atoms with Crippen molar-refractivity contribution in [3.63, 3.8) is 0 Å². The van der Waals surface area contributed by atoms with Crippen molar-refractivity contribution >= 4 is 11.8 Å². The number of methoxy groups -OCH3 is 1. The number of carbonyl (C=O) groups excluding carboxylic acids is 1. The first-order valence-corrected chi connectivity index (χ1v) is 9.76. The highest BCUT2D eigenvalue weighted by molar-refractivity contribution is 5.89. The molecule has 8 heteroatoms. The highest BCUT2D eigenvalue weighted by Gasteiger charge is 2.29. The third-order valence-corrected chi connectivity index (χ3v) is 4.64. The van der Waals surface area contributed by atoms with E-state index in [1.807, 2.05) is 6.92 Å². The van der Waals surface area contributed by atoms with Gasteiger partial charge in [-0.2, -0.15) is 13.2 Å². The second-order valence-electron chi connectivity index (χ2n) is 6.76. The van der Waals surface area contributed by atoms with Gasteiger partial charge in [-0.1, -0.05) is 30.9 Å². The van der Waals surface area contributed by atoms with Crippen molar-refractivity contribution in [1.29, 1.82) is 0 Å². The molecule has 164 valence electrons. The molecule has 3 rings (SSSR count). The molecule has 5 nitrogen and oxygen atoms in total. The van der Waals surface area contributed by atoms with Gasteiger partial charge in [0.05, 0.1) is 29.5 Å². The Morgan fingerprint density at radius 1 is 1.03 bits per heavy atom. The molecule has 0 aliphatic heterocycles. The highest BCUT2D eigenvalue weighted by atomic mass is 19.4. The van der Waals surface area contributed by atoms with Crippen molar-refractivity contribution in [2.75, 3.05) is 12.4 Å². The molecule has 0 saturated heterocycles. The lowest BCUT2D eigenvalue weighted by atomic mass is 10.1. The summed E-state index contributed by atoms with van der Waals surface area (Å²) in [5.41, 5.74) is 2.41. The fourth-order valence-electron chi connectivity index (χ4n) is 2.90. The van der Waals surface area contributed by atoms with Gasteiger partial charge < -0.3 is 10.1 Å². The van der Waals surface area contributed by atoms with Gasteiger partial charge in [-0.25, -0.2) is 14.8 Å². The Labute approximate surface area is 183 Å². The molecule has 2 aromatic carbocycles. The molecule has 3 aromatic rings. The largest absolute Gasteiger partial charge is 0.465 e. The Bertz CT molecular complexity index is 1150. The summed E-state index contributed by atoms with van der Waals surface area (Å²) in [5.74, 6) is 6.00. The van der Waals surface area contributed by atoms with E-state index in [0.717, 1.165) is 23.4 Å². The van der Waals surface area contributed by atoms with Gasteiger partial charge in [-0.15, -0.1) is 0 Å². The number of nitrogens with one attached hydrogen (secondary N) is 1. The summed E-state index contributed by atoms with van der Waals surface area (Å²) in [5, 5.41) is 3.21. The van der Waals surface area contributed by atoms with E-state index in [1.165, 1.54) is 25.6 Å². The van der Waals surface area contributed by atoms with E-state index in [9.17, 15) is 18.0 Å². The molecule has 0 aliphatic carbocycles. The summed E-state index contributed by atoms with van der Waals surface area (Å²) < 4.78 is 42.9. The van der Waals surface area contributed by atoms with Gasteiger partial charge in [0.2, 0.25) is 0 Å². The molecular weight excluding hydrogens is 419 g/mol. The van der Waals surface area contributed by atoms with Crippen LogP contribution in [-0.4, -0.2) is 23.0 Å². The van der Waals surface area contributed by atoms with E-state index < -0.39 is 17.7 Å². The van der Waals surface area contributed by atoms with Crippen LogP contribution in [0.4, 0.5) is 19.0 Å². The van der Waals surface area contributed by atoms with E-state index in [4.69, 9.17) is 4.74 Å². The molecule has 0 spiro atoms. The van der Waals surface area contributed by atoms with Crippen LogP contribution in [0.15, 0.2) is 54.9 Å². The quantitative estimate of drug-likeness (QED) is 0.455. The minimum atomic E-state index is -4.39. The smallest absolute Gasteiger partial charge is 0.416 e. The number of carbonyl (C=O) groups is 1. The predicted molar refractivity (Wildman–Crippen MR) is 114 cm³/mol. The molecule has 1 heterocycles. The third kappa shape index (κ3) is 5.64. The Balaban J connectivity index is 1.81. The molecule has 1 N–H and O–H groups in total. The first kappa shape index (κ1) is 22.8. The van der Waals surface area contributed by atoms with Gasteiger partial charge in [-0.3, -0.25) is 0 Å². The average molecular weight is 439 g/mol. The van der Waals surface area contributed by atoms with Crippen molar-refractivity contribution in [2.45, 2.75) is 26.1 Å². The first-order chi connectivity index (χ1) is 15.3. The number of anilines is 1. The lowest BCUT2D eigenvalue weighted by molar-refractivity contribution is -0.137. The number of esters is 1. The van der Waals surface area contributed by atoms with Crippen LogP contribution in [0.1, 0.15) is 45.2 Å². The zero-order valence-electron chi connectivity index (χ0n) is 17.5. The molecule has 0 bridgehead atoms. The summed E-state index contributed by atoms with van der Waals surface area (Å²) in [6, 6.07) is 11.6. The maximum atomic E-state index is 12.7. The molecule has 0 amide bonds. The van der Waals surface area contributed by atoms with Crippen LogP contribution in [0.3, 0.4) is 0 Å². The standard InChI is InChI=1S/C24H20F3N3O2/c1-3-21-20(13-8-16-6-11-19(12-7-16)24(25,26)27)22(30-15-29-21)28-14-17-4-9-18(10-5-17)23(31)32-2/h4-7,9-12,15H,3,14H2,1-2H3,(H,28,29,30). The molecule has 0 fully saturated rings. The van der Waals surface area contributed by atoms with Crippen LogP contribution in [0, 0.1) is 11.8 Å². The molecule has 1 aromatic heterocycles. The van der Waals surface area contributed by atoms with Gasteiger partial charge in [0.15, 0.2) is 0 Å². The van der Waals surface area contributed by atoms with Crippen LogP contribution in [0.2, 0.25) is 0 Å². The van der Waals surface area contributed by atoms with Crippen molar-refractivity contribution < 1.29 is 22.7 Å². The Morgan fingerprint density at radius 3 is 2.31 bits per heavy atom. The van der Waals surface area contributed by atoms with Gasteiger partial charge in [0.25, 0.3) is 0 Å². The Morgan fingerprint density at radius 2 is 1.72 bits per heavy atom. The molecule has 0 radical (unpaired) electrons. The summed E-state index contributed by atoms with van der Waals surface area (Å²) in [6.45, 7) is 2.36. The van der Waals surface area contributed by atoms with E-state index in [-0.39, 0.29) is 0 Å². The monoisotopic (exact) mass is 439 g/mol. The molecule has 32 heavy (non-hydrogen) atoms. The van der Waals surface area contributed by atoms with Crippen molar-refractivity contribution in [1.82, 2.24) is 9.97 Å². The SMILES string of the molecule is CCc1ncnc(NCc2ccc(C(=O)OC)cc2)c1C#Cc1ccc(C(F)(F)F)cc1. The maximum absolute atomic E-state index is 12.7. The number of ether oxygens (including phenoxy) is 1. The average Bonchev–Trinajstić information content (AvgIpc) is 2.81. The van der Waals surface area contributed by atoms with E-state index in [2.05, 4.69) is 27.1 Å². The van der Waals surface area contributed by atoms with E-state index >= 15 is 0 Å². The summed E-state index contributed by atoms with van der Waals surface area (Å²) >= 11 is 0. The summed E-state index contributed by atoms with van der Waals surface area (Å²) in [6.07, 6.45) is -2.34. The van der Waals surface area contributed by atoms with Crippen molar-refractivity contribution in [2.24, 2.45) is 0 Å². The maximum Gasteiger partial charge on any atom is 0.416 e. The van der Waals surface area contributed by atoms with E-state index in [0.29, 0.717) is 35.5 Å². The Kier molecular flexibility index (Phi) is 7.11. The highest BCUT2D eigenvalue weighted by Crippen LogP contribution is 2.29. The second kappa shape index (κ2) is 9.96. The molecule has 0 unspecified atom stereocenters. The topological polar surface area (TPSA) is 64.1 Å². The van der Waals surface area contributed by atoms with Gasteiger partial charge in [-0.05, 0) is 48.4 Å². The fourth-order valence-corrected chi connectivity index (χ4v) is 2.90. The molecule has 0 aliphatic rings. The van der Waals surface area contributed by atoms with Crippen LogP contribution in [0.25, 0.3) is 0 Å². The summed E-state index contributed by atoms with van der Waals surface area (Å²) in [4.78, 5) is 20.1. The fraction of sp³-hybridized carbons (Fsp3) is 0.208. The lowest BCUT2D eigenvalue weighted by Gasteiger charge is -2.10. The van der Waals surface area contributed by atoms with Gasteiger partial charge in [0.1, 0.15) is 12.1 Å². The number of benzene rings is 2. The number of rotatable bonds is 5. The normalized spacial score (nSPS) is 10.8. The van der Waals surface area contributed by atoms with E-state index in [1.54, 1.807) is 24.3 Å². The minimum Gasteiger partial charge on any atom is -0.465 e.